The van der Waals surface area contributed by atoms with Crippen molar-refractivity contribution in [3.8, 4) is 0 Å². The number of carbonyl (C=O) groups excluding carboxylic acids is 2. The highest BCUT2D eigenvalue weighted by Crippen LogP contribution is 2.37. The molecule has 2 aromatic rings. The SMILES string of the molecule is CC1CCC(C(C)C)C(OC(=O)COC(=O)C(Sc2ccccc2)c2ccccc2)C1. The minimum absolute atomic E-state index is 0.0985. The zero-order valence-electron chi connectivity index (χ0n) is 18.5. The summed E-state index contributed by atoms with van der Waals surface area (Å²) in [5.74, 6) is 0.461. The molecule has 31 heavy (non-hydrogen) atoms. The van der Waals surface area contributed by atoms with Crippen LogP contribution in [0.15, 0.2) is 65.6 Å². The van der Waals surface area contributed by atoms with Crippen molar-refractivity contribution in [3.63, 3.8) is 0 Å². The smallest absolute Gasteiger partial charge is 0.344 e. The number of carbonyl (C=O) groups is 2. The van der Waals surface area contributed by atoms with Gasteiger partial charge in [-0.3, -0.25) is 4.79 Å². The van der Waals surface area contributed by atoms with Crippen molar-refractivity contribution in [2.45, 2.75) is 56.3 Å². The van der Waals surface area contributed by atoms with Crippen molar-refractivity contribution in [1.29, 1.82) is 0 Å². The maximum absolute atomic E-state index is 12.9. The molecule has 0 aliphatic heterocycles. The van der Waals surface area contributed by atoms with Gasteiger partial charge in [-0.05, 0) is 48.3 Å². The van der Waals surface area contributed by atoms with Crippen LogP contribution in [0.2, 0.25) is 0 Å². The Balaban J connectivity index is 1.61. The van der Waals surface area contributed by atoms with E-state index in [1.54, 1.807) is 0 Å². The van der Waals surface area contributed by atoms with Crippen LogP contribution >= 0.6 is 11.8 Å². The lowest BCUT2D eigenvalue weighted by molar-refractivity contribution is -0.167. The van der Waals surface area contributed by atoms with Gasteiger partial charge in [0.25, 0.3) is 0 Å². The molecule has 0 saturated heterocycles. The lowest BCUT2D eigenvalue weighted by Gasteiger charge is -2.36. The van der Waals surface area contributed by atoms with Crippen molar-refractivity contribution in [2.24, 2.45) is 17.8 Å². The second-order valence-corrected chi connectivity index (χ2v) is 9.86. The van der Waals surface area contributed by atoms with Crippen LogP contribution in [-0.4, -0.2) is 24.6 Å². The van der Waals surface area contributed by atoms with Crippen LogP contribution in [0.3, 0.4) is 0 Å². The lowest BCUT2D eigenvalue weighted by Crippen LogP contribution is -2.37. The molecule has 0 bridgehead atoms. The molecule has 0 aromatic heterocycles. The van der Waals surface area contributed by atoms with Crippen molar-refractivity contribution in [1.82, 2.24) is 0 Å². The molecule has 4 atom stereocenters. The topological polar surface area (TPSA) is 52.6 Å². The molecule has 166 valence electrons. The highest BCUT2D eigenvalue weighted by Gasteiger charge is 2.34. The molecule has 3 rings (SSSR count). The molecular weight excluding hydrogens is 408 g/mol. The molecule has 1 aliphatic rings. The largest absolute Gasteiger partial charge is 0.460 e. The Hall–Kier alpha value is -2.27. The Labute approximate surface area is 189 Å². The average Bonchev–Trinajstić information content (AvgIpc) is 2.77. The fraction of sp³-hybridized carbons (Fsp3) is 0.462. The van der Waals surface area contributed by atoms with E-state index in [1.165, 1.54) is 18.2 Å². The number of thioether (sulfide) groups is 1. The number of benzene rings is 2. The van der Waals surface area contributed by atoms with Gasteiger partial charge in [-0.25, -0.2) is 4.79 Å². The van der Waals surface area contributed by atoms with Gasteiger partial charge >= 0.3 is 11.9 Å². The van der Waals surface area contributed by atoms with Crippen LogP contribution in [0.25, 0.3) is 0 Å². The van der Waals surface area contributed by atoms with Crippen molar-refractivity contribution >= 4 is 23.7 Å². The molecule has 2 aromatic carbocycles. The first kappa shape index (κ1) is 23.4. The molecule has 0 N–H and O–H groups in total. The molecule has 4 unspecified atom stereocenters. The van der Waals surface area contributed by atoms with Gasteiger partial charge in [0.1, 0.15) is 11.4 Å². The van der Waals surface area contributed by atoms with E-state index in [0.717, 1.165) is 23.3 Å². The minimum Gasteiger partial charge on any atom is -0.460 e. The Morgan fingerprint density at radius 2 is 1.65 bits per heavy atom. The molecule has 0 amide bonds. The van der Waals surface area contributed by atoms with Crippen LogP contribution in [-0.2, 0) is 19.1 Å². The third-order valence-electron chi connectivity index (χ3n) is 5.89. The molecule has 5 heteroatoms. The molecule has 1 saturated carbocycles. The van der Waals surface area contributed by atoms with Crippen LogP contribution in [0.1, 0.15) is 50.8 Å². The zero-order valence-corrected chi connectivity index (χ0v) is 19.3. The number of hydrogen-bond acceptors (Lipinski definition) is 5. The third kappa shape index (κ3) is 6.86. The maximum Gasteiger partial charge on any atom is 0.344 e. The van der Waals surface area contributed by atoms with Gasteiger partial charge in [-0.1, -0.05) is 75.7 Å². The van der Waals surface area contributed by atoms with Gasteiger partial charge in [-0.15, -0.1) is 11.8 Å². The van der Waals surface area contributed by atoms with Gasteiger partial charge in [-0.2, -0.15) is 0 Å². The van der Waals surface area contributed by atoms with Crippen LogP contribution in [0.5, 0.6) is 0 Å². The van der Waals surface area contributed by atoms with E-state index in [4.69, 9.17) is 9.47 Å². The lowest BCUT2D eigenvalue weighted by atomic mass is 9.75. The van der Waals surface area contributed by atoms with Crippen LogP contribution in [0, 0.1) is 17.8 Å². The summed E-state index contributed by atoms with van der Waals surface area (Å²) < 4.78 is 11.2. The van der Waals surface area contributed by atoms with E-state index >= 15 is 0 Å². The number of hydrogen-bond donors (Lipinski definition) is 0. The third-order valence-corrected chi connectivity index (χ3v) is 7.13. The maximum atomic E-state index is 12.9. The predicted octanol–water partition coefficient (Wildman–Crippen LogP) is 6.07. The van der Waals surface area contributed by atoms with E-state index in [-0.39, 0.29) is 12.7 Å². The quantitative estimate of drug-likeness (QED) is 0.368. The summed E-state index contributed by atoms with van der Waals surface area (Å²) >= 11 is 1.42. The molecule has 0 radical (unpaired) electrons. The molecular formula is C26H32O4S. The van der Waals surface area contributed by atoms with Crippen molar-refractivity contribution in [2.75, 3.05) is 6.61 Å². The monoisotopic (exact) mass is 440 g/mol. The van der Waals surface area contributed by atoms with Crippen LogP contribution in [0.4, 0.5) is 0 Å². The first-order valence-electron chi connectivity index (χ1n) is 11.1. The fourth-order valence-electron chi connectivity index (χ4n) is 4.17. The minimum atomic E-state index is -0.547. The summed E-state index contributed by atoms with van der Waals surface area (Å²) in [6.45, 7) is 6.19. The molecule has 0 spiro atoms. The Morgan fingerprint density at radius 1 is 1.00 bits per heavy atom. The van der Waals surface area contributed by atoms with E-state index < -0.39 is 17.2 Å². The first-order chi connectivity index (χ1) is 14.9. The van der Waals surface area contributed by atoms with Crippen molar-refractivity contribution in [3.05, 3.63) is 66.2 Å². The Kier molecular flexibility index (Phi) is 8.59. The summed E-state index contributed by atoms with van der Waals surface area (Å²) in [4.78, 5) is 26.4. The highest BCUT2D eigenvalue weighted by molar-refractivity contribution is 8.00. The Bertz CT molecular complexity index is 837. The van der Waals surface area contributed by atoms with Gasteiger partial charge in [0, 0.05) is 4.90 Å². The van der Waals surface area contributed by atoms with E-state index in [9.17, 15) is 9.59 Å². The molecule has 1 fully saturated rings. The summed E-state index contributed by atoms with van der Waals surface area (Å²) in [5.41, 5.74) is 0.843. The van der Waals surface area contributed by atoms with Gasteiger partial charge in [0.05, 0.1) is 0 Å². The summed E-state index contributed by atoms with van der Waals surface area (Å²) in [5, 5.41) is -0.547. The van der Waals surface area contributed by atoms with Crippen LogP contribution < -0.4 is 0 Å². The van der Waals surface area contributed by atoms with Crippen molar-refractivity contribution < 1.29 is 19.1 Å². The normalized spacial score (nSPS) is 22.0. The summed E-state index contributed by atoms with van der Waals surface area (Å²) in [6.07, 6.45) is 3.01. The standard InChI is InChI=1S/C26H32O4S/c1-18(2)22-15-14-19(3)16-23(22)30-24(27)17-29-26(28)25(20-10-6-4-7-11-20)31-21-12-8-5-9-13-21/h4-13,18-19,22-23,25H,14-17H2,1-3H3. The fourth-order valence-corrected chi connectivity index (χ4v) is 5.22. The summed E-state index contributed by atoms with van der Waals surface area (Å²) in [7, 11) is 0. The Morgan fingerprint density at radius 3 is 2.29 bits per heavy atom. The molecule has 1 aliphatic carbocycles. The zero-order chi connectivity index (χ0) is 22.2. The van der Waals surface area contributed by atoms with Gasteiger partial charge in [0.15, 0.2) is 6.61 Å². The number of rotatable bonds is 8. The van der Waals surface area contributed by atoms with E-state index in [1.807, 2.05) is 60.7 Å². The van der Waals surface area contributed by atoms with E-state index in [0.29, 0.717) is 17.8 Å². The van der Waals surface area contributed by atoms with E-state index in [2.05, 4.69) is 20.8 Å². The number of ether oxygens (including phenoxy) is 2. The second kappa shape index (κ2) is 11.4. The highest BCUT2D eigenvalue weighted by atomic mass is 32.2. The molecule has 4 nitrogen and oxygen atoms in total. The molecule has 0 heterocycles. The predicted molar refractivity (Wildman–Crippen MR) is 124 cm³/mol. The average molecular weight is 441 g/mol. The second-order valence-electron chi connectivity index (χ2n) is 8.68. The first-order valence-corrected chi connectivity index (χ1v) is 11.9. The van der Waals surface area contributed by atoms with Gasteiger partial charge < -0.3 is 9.47 Å². The van der Waals surface area contributed by atoms with Gasteiger partial charge in [0.2, 0.25) is 0 Å². The summed E-state index contributed by atoms with van der Waals surface area (Å²) in [6, 6.07) is 19.2. The number of esters is 2.